The van der Waals surface area contributed by atoms with Gasteiger partial charge in [0, 0.05) is 26.3 Å². The molecule has 1 aromatic heterocycles. The molecule has 0 aliphatic carbocycles. The molecule has 90 valence electrons. The summed E-state index contributed by atoms with van der Waals surface area (Å²) in [5.41, 5.74) is 0.528. The number of ether oxygens (including phenoxy) is 1. The number of hydrogen-bond donors (Lipinski definition) is 1. The molecule has 1 rings (SSSR count). The Morgan fingerprint density at radius 1 is 1.56 bits per heavy atom. The van der Waals surface area contributed by atoms with E-state index < -0.39 is 0 Å². The number of hydrogen-bond acceptors (Lipinski definition) is 4. The van der Waals surface area contributed by atoms with Crippen LogP contribution in [0.25, 0.3) is 0 Å². The summed E-state index contributed by atoms with van der Waals surface area (Å²) in [7, 11) is 1.53. The standard InChI is InChI=1S/C10H17N3O3/c1-4-12(5-2)10(15)13-9(14)6-8(11-13)7-16-3/h6,14H,4-5,7H2,1-3H3. The third-order valence-corrected chi connectivity index (χ3v) is 2.25. The highest BCUT2D eigenvalue weighted by Crippen LogP contribution is 2.13. The average molecular weight is 227 g/mol. The van der Waals surface area contributed by atoms with Crippen molar-refractivity contribution in [3.8, 4) is 5.88 Å². The number of methoxy groups -OCH3 is 1. The highest BCUT2D eigenvalue weighted by molar-refractivity contribution is 5.77. The van der Waals surface area contributed by atoms with Gasteiger partial charge in [-0.25, -0.2) is 4.79 Å². The summed E-state index contributed by atoms with van der Waals surface area (Å²) in [5.74, 6) is -0.163. The van der Waals surface area contributed by atoms with E-state index in [1.54, 1.807) is 4.90 Å². The number of rotatable bonds is 4. The summed E-state index contributed by atoms with van der Waals surface area (Å²) in [5, 5.41) is 13.5. The SMILES string of the molecule is CCN(CC)C(=O)n1nc(COC)cc1O. The third kappa shape index (κ3) is 2.52. The van der Waals surface area contributed by atoms with Crippen molar-refractivity contribution in [3.63, 3.8) is 0 Å². The predicted octanol–water partition coefficient (Wildman–Crippen LogP) is 1.04. The second-order valence-corrected chi connectivity index (χ2v) is 3.29. The van der Waals surface area contributed by atoms with Crippen molar-refractivity contribution in [3.05, 3.63) is 11.8 Å². The van der Waals surface area contributed by atoms with Crippen molar-refractivity contribution in [2.75, 3.05) is 20.2 Å². The van der Waals surface area contributed by atoms with E-state index in [4.69, 9.17) is 4.74 Å². The fourth-order valence-electron chi connectivity index (χ4n) is 1.41. The van der Waals surface area contributed by atoms with Gasteiger partial charge in [-0.1, -0.05) is 0 Å². The second-order valence-electron chi connectivity index (χ2n) is 3.29. The molecule has 0 aromatic carbocycles. The zero-order valence-corrected chi connectivity index (χ0v) is 9.80. The fourth-order valence-corrected chi connectivity index (χ4v) is 1.41. The minimum absolute atomic E-state index is 0.163. The van der Waals surface area contributed by atoms with E-state index in [0.29, 0.717) is 18.8 Å². The first-order valence-electron chi connectivity index (χ1n) is 5.20. The van der Waals surface area contributed by atoms with Gasteiger partial charge in [0.2, 0.25) is 5.88 Å². The van der Waals surface area contributed by atoms with Crippen molar-refractivity contribution >= 4 is 6.03 Å². The average Bonchev–Trinajstić information content (AvgIpc) is 2.61. The quantitative estimate of drug-likeness (QED) is 0.834. The summed E-state index contributed by atoms with van der Waals surface area (Å²) in [6, 6.07) is 1.09. The summed E-state index contributed by atoms with van der Waals surface area (Å²) in [6.07, 6.45) is 0. The Kier molecular flexibility index (Phi) is 4.30. The van der Waals surface area contributed by atoms with Gasteiger partial charge in [-0.2, -0.15) is 5.10 Å². The molecule has 1 aromatic rings. The topological polar surface area (TPSA) is 67.6 Å². The van der Waals surface area contributed by atoms with Crippen LogP contribution in [0.15, 0.2) is 6.07 Å². The molecule has 0 spiro atoms. The Balaban J connectivity index is 2.90. The van der Waals surface area contributed by atoms with Gasteiger partial charge >= 0.3 is 6.03 Å². The van der Waals surface area contributed by atoms with E-state index >= 15 is 0 Å². The molecule has 0 saturated heterocycles. The van der Waals surface area contributed by atoms with E-state index in [-0.39, 0.29) is 18.5 Å². The number of amides is 1. The molecule has 0 unspecified atom stereocenters. The molecule has 1 N–H and O–H groups in total. The van der Waals surface area contributed by atoms with Crippen LogP contribution in [0.1, 0.15) is 19.5 Å². The van der Waals surface area contributed by atoms with Crippen LogP contribution >= 0.6 is 0 Å². The van der Waals surface area contributed by atoms with Gasteiger partial charge in [-0.15, -0.1) is 4.68 Å². The summed E-state index contributed by atoms with van der Waals surface area (Å²) >= 11 is 0. The summed E-state index contributed by atoms with van der Waals surface area (Å²) in [6.45, 7) is 5.17. The number of nitrogens with zero attached hydrogens (tertiary/aromatic N) is 3. The Morgan fingerprint density at radius 3 is 2.69 bits per heavy atom. The molecular weight excluding hydrogens is 210 g/mol. The molecule has 16 heavy (non-hydrogen) atoms. The van der Waals surface area contributed by atoms with Crippen LogP contribution in [0.5, 0.6) is 5.88 Å². The first-order chi connectivity index (χ1) is 7.63. The largest absolute Gasteiger partial charge is 0.493 e. The minimum atomic E-state index is -0.329. The number of aromatic nitrogens is 2. The highest BCUT2D eigenvalue weighted by Gasteiger charge is 2.17. The van der Waals surface area contributed by atoms with E-state index in [1.807, 2.05) is 13.8 Å². The zero-order valence-electron chi connectivity index (χ0n) is 9.80. The van der Waals surface area contributed by atoms with E-state index in [1.165, 1.54) is 13.2 Å². The first kappa shape index (κ1) is 12.5. The van der Waals surface area contributed by atoms with Gasteiger partial charge in [0.05, 0.1) is 12.3 Å². The summed E-state index contributed by atoms with van der Waals surface area (Å²) in [4.78, 5) is 13.4. The molecular formula is C10H17N3O3. The second kappa shape index (κ2) is 5.50. The molecule has 0 bridgehead atoms. The van der Waals surface area contributed by atoms with E-state index in [2.05, 4.69) is 5.10 Å². The Bertz CT molecular complexity index is 358. The number of aromatic hydroxyl groups is 1. The van der Waals surface area contributed by atoms with Crippen molar-refractivity contribution in [2.24, 2.45) is 0 Å². The maximum atomic E-state index is 11.9. The zero-order chi connectivity index (χ0) is 12.1. The van der Waals surface area contributed by atoms with Crippen LogP contribution in [0.2, 0.25) is 0 Å². The molecule has 0 aliphatic heterocycles. The number of carbonyl (C=O) groups excluding carboxylic acids is 1. The molecule has 0 saturated carbocycles. The number of carbonyl (C=O) groups is 1. The molecule has 1 amide bonds. The normalized spacial score (nSPS) is 10.4. The van der Waals surface area contributed by atoms with Crippen LogP contribution in [0.4, 0.5) is 4.79 Å². The minimum Gasteiger partial charge on any atom is -0.493 e. The Hall–Kier alpha value is -1.56. The smallest absolute Gasteiger partial charge is 0.347 e. The van der Waals surface area contributed by atoms with Gasteiger partial charge in [0.25, 0.3) is 0 Å². The fraction of sp³-hybridized carbons (Fsp3) is 0.600. The van der Waals surface area contributed by atoms with Crippen LogP contribution in [0, 0.1) is 0 Å². The van der Waals surface area contributed by atoms with Gasteiger partial charge < -0.3 is 14.7 Å². The summed E-state index contributed by atoms with van der Waals surface area (Å²) < 4.78 is 5.86. The predicted molar refractivity (Wildman–Crippen MR) is 58.3 cm³/mol. The van der Waals surface area contributed by atoms with Crippen molar-refractivity contribution in [1.29, 1.82) is 0 Å². The lowest BCUT2D eigenvalue weighted by Gasteiger charge is -2.17. The lowest BCUT2D eigenvalue weighted by Crippen LogP contribution is -2.34. The maximum Gasteiger partial charge on any atom is 0.347 e. The third-order valence-electron chi connectivity index (χ3n) is 2.25. The van der Waals surface area contributed by atoms with Gasteiger partial charge in [-0.05, 0) is 13.8 Å². The molecule has 1 heterocycles. The molecule has 6 nitrogen and oxygen atoms in total. The first-order valence-corrected chi connectivity index (χ1v) is 5.20. The van der Waals surface area contributed by atoms with E-state index in [9.17, 15) is 9.90 Å². The molecule has 0 aliphatic rings. The lowest BCUT2D eigenvalue weighted by atomic mass is 10.4. The van der Waals surface area contributed by atoms with Crippen molar-refractivity contribution in [1.82, 2.24) is 14.7 Å². The maximum absolute atomic E-state index is 11.9. The van der Waals surface area contributed by atoms with Gasteiger partial charge in [0.15, 0.2) is 0 Å². The highest BCUT2D eigenvalue weighted by atomic mass is 16.5. The van der Waals surface area contributed by atoms with Crippen molar-refractivity contribution < 1.29 is 14.6 Å². The molecule has 0 atom stereocenters. The van der Waals surface area contributed by atoms with Crippen molar-refractivity contribution in [2.45, 2.75) is 20.5 Å². The van der Waals surface area contributed by atoms with Gasteiger partial charge in [-0.3, -0.25) is 0 Å². The van der Waals surface area contributed by atoms with Crippen LogP contribution in [-0.2, 0) is 11.3 Å². The molecule has 6 heteroatoms. The lowest BCUT2D eigenvalue weighted by molar-refractivity contribution is 0.179. The monoisotopic (exact) mass is 227 g/mol. The molecule has 0 fully saturated rings. The molecule has 0 radical (unpaired) electrons. The van der Waals surface area contributed by atoms with E-state index in [0.717, 1.165) is 4.68 Å². The Labute approximate surface area is 94.4 Å². The Morgan fingerprint density at radius 2 is 2.19 bits per heavy atom. The van der Waals surface area contributed by atoms with Crippen LogP contribution in [0.3, 0.4) is 0 Å². The van der Waals surface area contributed by atoms with Crippen LogP contribution in [-0.4, -0.2) is 46.0 Å². The van der Waals surface area contributed by atoms with Gasteiger partial charge in [0.1, 0.15) is 0 Å². The van der Waals surface area contributed by atoms with Crippen LogP contribution < -0.4 is 0 Å².